The first kappa shape index (κ1) is 17.1. The maximum atomic E-state index is 11.7. The summed E-state index contributed by atoms with van der Waals surface area (Å²) in [5, 5.41) is 11.0. The van der Waals surface area contributed by atoms with Crippen molar-refractivity contribution >= 4 is 17.2 Å². The van der Waals surface area contributed by atoms with Crippen LogP contribution in [0.25, 0.3) is 0 Å². The molecule has 0 aromatic heterocycles. The minimum absolute atomic E-state index is 0.122. The highest BCUT2D eigenvalue weighted by Gasteiger charge is 2.20. The Labute approximate surface area is 126 Å². The van der Waals surface area contributed by atoms with Gasteiger partial charge in [-0.25, -0.2) is 0 Å². The third-order valence-corrected chi connectivity index (χ3v) is 3.51. The smallest absolute Gasteiger partial charge is 0.280 e. The zero-order chi connectivity index (χ0) is 16.0. The number of hydrogen-bond acceptors (Lipinski definition) is 4. The number of carbonyl (C=O) groups is 1. The van der Waals surface area contributed by atoms with Gasteiger partial charge in [-0.05, 0) is 39.3 Å². The van der Waals surface area contributed by atoms with Gasteiger partial charge in [-0.1, -0.05) is 19.8 Å². The van der Waals surface area contributed by atoms with Crippen LogP contribution in [0.1, 0.15) is 57.3 Å². The normalized spacial score (nSPS) is 10.7. The number of anilines is 1. The Kier molecular flexibility index (Phi) is 6.34. The average molecular weight is 292 g/mol. The molecule has 0 bridgehead atoms. The molecular formula is C16H24N2O3. The second-order valence-corrected chi connectivity index (χ2v) is 5.51. The number of nitro groups is 1. The molecule has 5 heteroatoms. The van der Waals surface area contributed by atoms with E-state index in [1.165, 1.54) is 13.0 Å². The second-order valence-electron chi connectivity index (χ2n) is 5.51. The van der Waals surface area contributed by atoms with Crippen molar-refractivity contribution < 1.29 is 9.72 Å². The minimum Gasteiger partial charge on any atom is -0.369 e. The van der Waals surface area contributed by atoms with E-state index in [4.69, 9.17) is 0 Å². The Balaban J connectivity index is 3.12. The van der Waals surface area contributed by atoms with Gasteiger partial charge in [0.25, 0.3) is 5.69 Å². The van der Waals surface area contributed by atoms with Crippen LogP contribution in [-0.2, 0) is 0 Å². The number of nitrogens with zero attached hydrogens (tertiary/aromatic N) is 2. The number of hydrogen-bond donors (Lipinski definition) is 0. The first-order chi connectivity index (χ1) is 9.88. The number of unbranched alkanes of at least 4 members (excludes halogenated alkanes) is 2. The zero-order valence-corrected chi connectivity index (χ0v) is 13.3. The second kappa shape index (κ2) is 7.76. The fraction of sp³-hybridized carbons (Fsp3) is 0.562. The molecule has 0 saturated carbocycles. The molecule has 0 aliphatic heterocycles. The third kappa shape index (κ3) is 4.55. The van der Waals surface area contributed by atoms with Crippen LogP contribution in [-0.4, -0.2) is 23.3 Å². The van der Waals surface area contributed by atoms with Crippen molar-refractivity contribution in [3.05, 3.63) is 33.9 Å². The molecule has 0 atom stereocenters. The van der Waals surface area contributed by atoms with Crippen molar-refractivity contribution in [2.75, 3.05) is 11.4 Å². The van der Waals surface area contributed by atoms with Crippen LogP contribution in [0.2, 0.25) is 0 Å². The molecule has 0 radical (unpaired) electrons. The van der Waals surface area contributed by atoms with E-state index >= 15 is 0 Å². The Morgan fingerprint density at radius 2 is 2.00 bits per heavy atom. The summed E-state index contributed by atoms with van der Waals surface area (Å²) in [5.41, 5.74) is 0.930. The highest BCUT2D eigenvalue weighted by molar-refractivity contribution is 5.99. The monoisotopic (exact) mass is 292 g/mol. The van der Waals surface area contributed by atoms with Gasteiger partial charge in [-0.3, -0.25) is 14.9 Å². The molecule has 0 unspecified atom stereocenters. The standard InChI is InChI=1S/C16H24N2O3/c1-5-6-7-10-17(12(2)3)14-8-9-16(18(20)21)15(11-14)13(4)19/h8-9,11-12H,5-7,10H2,1-4H3. The van der Waals surface area contributed by atoms with E-state index in [0.29, 0.717) is 0 Å². The molecule has 0 fully saturated rings. The van der Waals surface area contributed by atoms with Crippen LogP contribution in [0.15, 0.2) is 18.2 Å². The van der Waals surface area contributed by atoms with E-state index in [-0.39, 0.29) is 23.1 Å². The molecule has 0 spiro atoms. The van der Waals surface area contributed by atoms with Crippen LogP contribution < -0.4 is 4.90 Å². The van der Waals surface area contributed by atoms with Crippen molar-refractivity contribution in [3.8, 4) is 0 Å². The molecular weight excluding hydrogens is 268 g/mol. The van der Waals surface area contributed by atoms with E-state index in [1.807, 2.05) is 0 Å². The number of Topliss-reactive ketones (excluding diaryl/α,β-unsaturated/α-hetero) is 1. The van der Waals surface area contributed by atoms with Crippen LogP contribution in [0.3, 0.4) is 0 Å². The summed E-state index contributed by atoms with van der Waals surface area (Å²) >= 11 is 0. The van der Waals surface area contributed by atoms with E-state index < -0.39 is 4.92 Å². The van der Waals surface area contributed by atoms with Gasteiger partial charge in [0, 0.05) is 24.3 Å². The van der Waals surface area contributed by atoms with Crippen molar-refractivity contribution in [1.29, 1.82) is 0 Å². The summed E-state index contributed by atoms with van der Waals surface area (Å²) in [6.07, 6.45) is 3.36. The molecule has 0 heterocycles. The van der Waals surface area contributed by atoms with Gasteiger partial charge in [0.1, 0.15) is 0 Å². The van der Waals surface area contributed by atoms with Crippen molar-refractivity contribution in [1.82, 2.24) is 0 Å². The molecule has 0 N–H and O–H groups in total. The van der Waals surface area contributed by atoms with Crippen LogP contribution >= 0.6 is 0 Å². The SMILES string of the molecule is CCCCCN(c1ccc([N+](=O)[O-])c(C(C)=O)c1)C(C)C. The van der Waals surface area contributed by atoms with Crippen LogP contribution in [0, 0.1) is 10.1 Å². The van der Waals surface area contributed by atoms with Gasteiger partial charge < -0.3 is 4.90 Å². The zero-order valence-electron chi connectivity index (χ0n) is 13.3. The fourth-order valence-electron chi connectivity index (χ4n) is 2.36. The molecule has 1 aromatic rings. The number of carbonyl (C=O) groups excluding carboxylic acids is 1. The quantitative estimate of drug-likeness (QED) is 0.312. The molecule has 1 aromatic carbocycles. The number of nitro benzene ring substituents is 1. The maximum Gasteiger partial charge on any atom is 0.280 e. The fourth-order valence-corrected chi connectivity index (χ4v) is 2.36. The van der Waals surface area contributed by atoms with Crippen molar-refractivity contribution in [2.45, 2.75) is 53.0 Å². The van der Waals surface area contributed by atoms with Gasteiger partial charge >= 0.3 is 0 Å². The average Bonchev–Trinajstić information content (AvgIpc) is 2.42. The minimum atomic E-state index is -0.503. The van der Waals surface area contributed by atoms with E-state index in [1.54, 1.807) is 12.1 Å². The predicted molar refractivity (Wildman–Crippen MR) is 85.1 cm³/mol. The topological polar surface area (TPSA) is 63.4 Å². The lowest BCUT2D eigenvalue weighted by molar-refractivity contribution is -0.385. The Morgan fingerprint density at radius 1 is 1.33 bits per heavy atom. The van der Waals surface area contributed by atoms with Gasteiger partial charge in [0.2, 0.25) is 0 Å². The highest BCUT2D eigenvalue weighted by atomic mass is 16.6. The first-order valence-corrected chi connectivity index (χ1v) is 7.44. The highest BCUT2D eigenvalue weighted by Crippen LogP contribution is 2.27. The Hall–Kier alpha value is -1.91. The maximum absolute atomic E-state index is 11.7. The van der Waals surface area contributed by atoms with Gasteiger partial charge in [-0.15, -0.1) is 0 Å². The summed E-state index contributed by atoms with van der Waals surface area (Å²) in [6, 6.07) is 5.09. The molecule has 0 aliphatic rings. The summed E-state index contributed by atoms with van der Waals surface area (Å²) in [6.45, 7) is 8.57. The van der Waals surface area contributed by atoms with Gasteiger partial charge in [0.15, 0.2) is 5.78 Å². The van der Waals surface area contributed by atoms with Crippen molar-refractivity contribution in [2.24, 2.45) is 0 Å². The van der Waals surface area contributed by atoms with Crippen LogP contribution in [0.4, 0.5) is 11.4 Å². The summed E-state index contributed by atoms with van der Waals surface area (Å²) in [7, 11) is 0. The summed E-state index contributed by atoms with van der Waals surface area (Å²) in [5.74, 6) is -0.277. The lowest BCUT2D eigenvalue weighted by Gasteiger charge is -2.29. The molecule has 21 heavy (non-hydrogen) atoms. The third-order valence-electron chi connectivity index (χ3n) is 3.51. The van der Waals surface area contributed by atoms with E-state index in [0.717, 1.165) is 31.5 Å². The van der Waals surface area contributed by atoms with E-state index in [2.05, 4.69) is 25.7 Å². The summed E-state index contributed by atoms with van der Waals surface area (Å²) in [4.78, 5) is 24.3. The summed E-state index contributed by atoms with van der Waals surface area (Å²) < 4.78 is 0. The van der Waals surface area contributed by atoms with Gasteiger partial charge in [-0.2, -0.15) is 0 Å². The number of ketones is 1. The van der Waals surface area contributed by atoms with Gasteiger partial charge in [0.05, 0.1) is 10.5 Å². The molecule has 5 nitrogen and oxygen atoms in total. The Bertz CT molecular complexity index is 512. The predicted octanol–water partition coefficient (Wildman–Crippen LogP) is 4.20. The van der Waals surface area contributed by atoms with Crippen LogP contribution in [0.5, 0.6) is 0 Å². The largest absolute Gasteiger partial charge is 0.369 e. The number of benzene rings is 1. The van der Waals surface area contributed by atoms with Crippen molar-refractivity contribution in [3.63, 3.8) is 0 Å². The number of rotatable bonds is 8. The molecule has 0 amide bonds. The first-order valence-electron chi connectivity index (χ1n) is 7.44. The lowest BCUT2D eigenvalue weighted by atomic mass is 10.1. The molecule has 0 saturated heterocycles. The lowest BCUT2D eigenvalue weighted by Crippen LogP contribution is -2.31. The molecule has 0 aliphatic carbocycles. The molecule has 116 valence electrons. The Morgan fingerprint density at radius 3 is 2.48 bits per heavy atom. The molecule has 1 rings (SSSR count). The van der Waals surface area contributed by atoms with E-state index in [9.17, 15) is 14.9 Å².